The highest BCUT2D eigenvalue weighted by Gasteiger charge is 2.25. The number of carboxylic acids is 1. The van der Waals surface area contributed by atoms with Crippen LogP contribution in [0.4, 0.5) is 0 Å². The van der Waals surface area contributed by atoms with Crippen LogP contribution in [0, 0.1) is 5.92 Å². The zero-order valence-electron chi connectivity index (χ0n) is 13.5. The molecule has 0 unspecified atom stereocenters. The van der Waals surface area contributed by atoms with E-state index in [-0.39, 0.29) is 18.2 Å². The highest BCUT2D eigenvalue weighted by molar-refractivity contribution is 7.13. The summed E-state index contributed by atoms with van der Waals surface area (Å²) in [5.74, 6) is -1.51. The van der Waals surface area contributed by atoms with E-state index in [2.05, 4.69) is 10.3 Å². The number of aromatic nitrogens is 1. The third-order valence-corrected chi connectivity index (χ3v) is 5.05. The summed E-state index contributed by atoms with van der Waals surface area (Å²) in [4.78, 5) is 27.8. The first-order valence-electron chi connectivity index (χ1n) is 7.63. The Balaban J connectivity index is 2.05. The Kier molecular flexibility index (Phi) is 6.34. The number of carbonyl (C=O) groups is 2. The number of rotatable bonds is 7. The van der Waals surface area contributed by atoms with Gasteiger partial charge in [0.05, 0.1) is 17.1 Å². The molecule has 1 heterocycles. The molecule has 2 atom stereocenters. The number of benzene rings is 1. The molecule has 0 radical (unpaired) electrons. The minimum Gasteiger partial charge on any atom is -0.480 e. The normalized spacial score (nSPS) is 13.3. The van der Waals surface area contributed by atoms with Crippen LogP contribution in [0.25, 0.3) is 10.6 Å². The SMILES string of the molecule is CC[C@H](C)[C@H](NC(=O)Cc1csc(-c2ccccc2Cl)n1)C(=O)O. The molecule has 0 aliphatic rings. The molecule has 1 aromatic carbocycles. The van der Waals surface area contributed by atoms with E-state index < -0.39 is 12.0 Å². The molecule has 2 aromatic rings. The molecular formula is C17H19ClN2O3S. The van der Waals surface area contributed by atoms with Crippen LogP contribution in [0.15, 0.2) is 29.6 Å². The molecule has 0 spiro atoms. The standard InChI is InChI=1S/C17H19ClN2O3S/c1-3-10(2)15(17(22)23)20-14(21)8-11-9-24-16(19-11)12-6-4-5-7-13(12)18/h4-7,9-10,15H,3,8H2,1-2H3,(H,20,21)(H,22,23)/t10-,15-/m0/s1. The number of thiazole rings is 1. The molecule has 128 valence electrons. The van der Waals surface area contributed by atoms with Gasteiger partial charge >= 0.3 is 5.97 Å². The van der Waals surface area contributed by atoms with Crippen molar-refractivity contribution in [3.05, 3.63) is 40.4 Å². The van der Waals surface area contributed by atoms with Crippen LogP contribution in [0.2, 0.25) is 5.02 Å². The minimum absolute atomic E-state index is 0.0428. The van der Waals surface area contributed by atoms with Crippen molar-refractivity contribution in [2.24, 2.45) is 5.92 Å². The largest absolute Gasteiger partial charge is 0.480 e. The summed E-state index contributed by atoms with van der Waals surface area (Å²) >= 11 is 7.55. The Morgan fingerprint density at radius 2 is 2.08 bits per heavy atom. The van der Waals surface area contributed by atoms with Crippen LogP contribution in [-0.2, 0) is 16.0 Å². The van der Waals surface area contributed by atoms with Crippen LogP contribution in [0.1, 0.15) is 26.0 Å². The van der Waals surface area contributed by atoms with Crippen molar-refractivity contribution in [1.29, 1.82) is 0 Å². The molecule has 2 rings (SSSR count). The highest BCUT2D eigenvalue weighted by Crippen LogP contribution is 2.30. The average molecular weight is 367 g/mol. The lowest BCUT2D eigenvalue weighted by Gasteiger charge is -2.19. The first-order chi connectivity index (χ1) is 11.4. The molecule has 2 N–H and O–H groups in total. The van der Waals surface area contributed by atoms with Gasteiger partial charge in [-0.05, 0) is 12.0 Å². The molecule has 7 heteroatoms. The zero-order chi connectivity index (χ0) is 17.7. The number of amides is 1. The molecule has 5 nitrogen and oxygen atoms in total. The van der Waals surface area contributed by atoms with Gasteiger partial charge in [0.1, 0.15) is 11.0 Å². The van der Waals surface area contributed by atoms with E-state index >= 15 is 0 Å². The van der Waals surface area contributed by atoms with E-state index in [4.69, 9.17) is 11.6 Å². The maximum absolute atomic E-state index is 12.1. The number of nitrogens with one attached hydrogen (secondary N) is 1. The van der Waals surface area contributed by atoms with Gasteiger partial charge in [0.2, 0.25) is 5.91 Å². The quantitative estimate of drug-likeness (QED) is 0.784. The maximum Gasteiger partial charge on any atom is 0.326 e. The highest BCUT2D eigenvalue weighted by atomic mass is 35.5. The Morgan fingerprint density at radius 1 is 1.38 bits per heavy atom. The zero-order valence-corrected chi connectivity index (χ0v) is 15.0. The van der Waals surface area contributed by atoms with Crippen LogP contribution < -0.4 is 5.32 Å². The Hall–Kier alpha value is -1.92. The van der Waals surface area contributed by atoms with E-state index in [1.165, 1.54) is 11.3 Å². The van der Waals surface area contributed by atoms with Gasteiger partial charge in [-0.1, -0.05) is 50.1 Å². The second kappa shape index (κ2) is 8.26. The third-order valence-electron chi connectivity index (χ3n) is 3.79. The molecule has 0 saturated carbocycles. The maximum atomic E-state index is 12.1. The summed E-state index contributed by atoms with van der Waals surface area (Å²) in [6.07, 6.45) is 0.714. The van der Waals surface area contributed by atoms with Crippen molar-refractivity contribution in [1.82, 2.24) is 10.3 Å². The second-order valence-corrected chi connectivity index (χ2v) is 6.83. The lowest BCUT2D eigenvalue weighted by atomic mass is 9.99. The smallest absolute Gasteiger partial charge is 0.326 e. The van der Waals surface area contributed by atoms with Crippen LogP contribution in [-0.4, -0.2) is 28.0 Å². The van der Waals surface area contributed by atoms with Gasteiger partial charge in [-0.3, -0.25) is 4.79 Å². The third kappa shape index (κ3) is 4.55. The number of carboxylic acid groups (broad SMARTS) is 1. The molecule has 0 fully saturated rings. The topological polar surface area (TPSA) is 79.3 Å². The van der Waals surface area contributed by atoms with Gasteiger partial charge in [0, 0.05) is 10.9 Å². The monoisotopic (exact) mass is 366 g/mol. The van der Waals surface area contributed by atoms with E-state index in [0.717, 1.165) is 10.6 Å². The lowest BCUT2D eigenvalue weighted by Crippen LogP contribution is -2.45. The first kappa shape index (κ1) is 18.4. The van der Waals surface area contributed by atoms with E-state index in [1.54, 1.807) is 18.4 Å². The van der Waals surface area contributed by atoms with Crippen LogP contribution in [0.5, 0.6) is 0 Å². The van der Waals surface area contributed by atoms with Crippen molar-refractivity contribution >= 4 is 34.8 Å². The van der Waals surface area contributed by atoms with Crippen molar-refractivity contribution in [3.8, 4) is 10.6 Å². The molecule has 0 aliphatic heterocycles. The van der Waals surface area contributed by atoms with Gasteiger partial charge in [0.15, 0.2) is 0 Å². The molecule has 1 amide bonds. The molecule has 0 saturated heterocycles. The summed E-state index contributed by atoms with van der Waals surface area (Å²) in [5.41, 5.74) is 1.42. The Labute approximate surface area is 149 Å². The van der Waals surface area contributed by atoms with Crippen LogP contribution in [0.3, 0.4) is 0 Å². The molecule has 0 aliphatic carbocycles. The predicted molar refractivity (Wildman–Crippen MR) is 95.3 cm³/mol. The van der Waals surface area contributed by atoms with Gasteiger partial charge < -0.3 is 10.4 Å². The van der Waals surface area contributed by atoms with Gasteiger partial charge in [0.25, 0.3) is 0 Å². The van der Waals surface area contributed by atoms with Crippen molar-refractivity contribution < 1.29 is 14.7 Å². The van der Waals surface area contributed by atoms with Crippen molar-refractivity contribution in [2.75, 3.05) is 0 Å². The fraction of sp³-hybridized carbons (Fsp3) is 0.353. The first-order valence-corrected chi connectivity index (χ1v) is 8.89. The number of hydrogen-bond acceptors (Lipinski definition) is 4. The summed E-state index contributed by atoms with van der Waals surface area (Å²) in [6, 6.07) is 6.49. The summed E-state index contributed by atoms with van der Waals surface area (Å²) in [6.45, 7) is 3.69. The predicted octanol–water partition coefficient (Wildman–Crippen LogP) is 3.62. The molecule has 24 heavy (non-hydrogen) atoms. The second-order valence-electron chi connectivity index (χ2n) is 5.57. The van der Waals surface area contributed by atoms with E-state index in [9.17, 15) is 14.7 Å². The molecule has 0 bridgehead atoms. The van der Waals surface area contributed by atoms with Gasteiger partial charge in [-0.25, -0.2) is 9.78 Å². The number of carbonyl (C=O) groups excluding carboxylic acids is 1. The molecule has 1 aromatic heterocycles. The van der Waals surface area contributed by atoms with E-state index in [0.29, 0.717) is 17.1 Å². The summed E-state index contributed by atoms with van der Waals surface area (Å²) < 4.78 is 0. The van der Waals surface area contributed by atoms with Crippen molar-refractivity contribution in [2.45, 2.75) is 32.7 Å². The summed E-state index contributed by atoms with van der Waals surface area (Å²) in [7, 11) is 0. The molecular weight excluding hydrogens is 348 g/mol. The fourth-order valence-corrected chi connectivity index (χ4v) is 3.36. The number of nitrogens with zero attached hydrogens (tertiary/aromatic N) is 1. The Bertz CT molecular complexity index is 732. The van der Waals surface area contributed by atoms with Gasteiger partial charge in [-0.15, -0.1) is 11.3 Å². The van der Waals surface area contributed by atoms with Crippen LogP contribution >= 0.6 is 22.9 Å². The fourth-order valence-electron chi connectivity index (χ4n) is 2.22. The lowest BCUT2D eigenvalue weighted by molar-refractivity contribution is -0.143. The summed E-state index contributed by atoms with van der Waals surface area (Å²) in [5, 5.41) is 14.9. The Morgan fingerprint density at radius 3 is 2.71 bits per heavy atom. The number of halogens is 1. The number of aliphatic carboxylic acids is 1. The average Bonchev–Trinajstić information content (AvgIpc) is 3.00. The van der Waals surface area contributed by atoms with Gasteiger partial charge in [-0.2, -0.15) is 0 Å². The van der Waals surface area contributed by atoms with E-state index in [1.807, 2.05) is 25.1 Å². The van der Waals surface area contributed by atoms with Crippen molar-refractivity contribution in [3.63, 3.8) is 0 Å². The minimum atomic E-state index is -1.02. The number of hydrogen-bond donors (Lipinski definition) is 2.